The average Bonchev–Trinajstić information content (AvgIpc) is 3.71. The van der Waals surface area contributed by atoms with E-state index in [1.54, 1.807) is 30.0 Å². The van der Waals surface area contributed by atoms with Crippen LogP contribution in [0.5, 0.6) is 0 Å². The van der Waals surface area contributed by atoms with Gasteiger partial charge in [0, 0.05) is 47.4 Å². The lowest BCUT2D eigenvalue weighted by molar-refractivity contribution is -0.157. The van der Waals surface area contributed by atoms with Gasteiger partial charge in [-0.1, -0.05) is 159 Å². The highest BCUT2D eigenvalue weighted by Crippen LogP contribution is 2.46. The van der Waals surface area contributed by atoms with Crippen LogP contribution in [0.1, 0.15) is 78.5 Å². The van der Waals surface area contributed by atoms with E-state index in [1.807, 2.05) is 116 Å². The molecule has 0 fully saturated rings. The number of hydrogen-bond donors (Lipinski definition) is 1. The maximum Gasteiger partial charge on any atom is 0.308 e. The largest absolute Gasteiger partial charge is 0.444 e. The van der Waals surface area contributed by atoms with Gasteiger partial charge in [0.2, 0.25) is 11.8 Å². The van der Waals surface area contributed by atoms with Crippen LogP contribution in [0.2, 0.25) is 28.2 Å². The lowest BCUT2D eigenvalue weighted by Gasteiger charge is -2.38. The maximum absolute atomic E-state index is 15.2. The van der Waals surface area contributed by atoms with Crippen LogP contribution < -0.4 is 5.73 Å². The normalized spacial score (nSPS) is 16.2. The molecule has 0 radical (unpaired) electrons. The molecule has 0 heterocycles. The van der Waals surface area contributed by atoms with Gasteiger partial charge in [-0.2, -0.15) is 0 Å². The molecule has 1 aliphatic carbocycles. The molecular weight excluding hydrogens is 858 g/mol. The quantitative estimate of drug-likeness (QED) is 0.0566. The molecule has 0 bridgehead atoms. The van der Waals surface area contributed by atoms with Crippen molar-refractivity contribution in [2.24, 2.45) is 11.7 Å². The summed E-state index contributed by atoms with van der Waals surface area (Å²) in [5.74, 6) is -2.07. The number of ether oxygens (including phenoxy) is 1. The number of hydrogen-bond acceptors (Lipinski definition) is 6. The van der Waals surface area contributed by atoms with Crippen molar-refractivity contribution >= 4 is 49.3 Å². The standard InChI is InChI=1S/C53H63Cl2N3O5Si/c1-36-22-27-40(28-23-36)53(39-17-10-9-11-18-39,46-20-14-15-21-47(46)55)63-49(59)33-45(44-31-26-38-16-12-13-19-43(38)44)50(60)57(5)34-42(32-37-24-29-41(54)30-25-37)58(6)51(61)48(56)35-62-64(7,8)52(2,3)4/h9-25,27-30,42,44-45,48H,26,31-35,56H2,1-8H3/t42-,44-,45+,48+,53?/m1/s1. The topological polar surface area (TPSA) is 102 Å². The Balaban J connectivity index is 1.34. The maximum atomic E-state index is 15.2. The summed E-state index contributed by atoms with van der Waals surface area (Å²) in [6.45, 7) is 13.0. The Morgan fingerprint density at radius 3 is 2.06 bits per heavy atom. The summed E-state index contributed by atoms with van der Waals surface area (Å²) in [6.07, 6.45) is 1.71. The van der Waals surface area contributed by atoms with Crippen LogP contribution in [-0.4, -0.2) is 75.2 Å². The Labute approximate surface area is 391 Å². The molecule has 2 amide bonds. The second-order valence-corrected chi connectivity index (χ2v) is 24.5. The molecule has 8 nitrogen and oxygen atoms in total. The van der Waals surface area contributed by atoms with Crippen LogP contribution in [0, 0.1) is 12.8 Å². The second-order valence-electron chi connectivity index (χ2n) is 18.9. The third-order valence-corrected chi connectivity index (χ3v) is 18.5. The Kier molecular flexibility index (Phi) is 15.7. The fraction of sp³-hybridized carbons (Fsp3) is 0.377. The first-order chi connectivity index (χ1) is 30.3. The SMILES string of the molecule is Cc1ccc(C(OC(=O)C[C@H](C(=O)N(C)C[C@@H](Cc2ccc(Cl)cc2)N(C)C(=O)[C@@H](N)CO[Si](C)(C)C(C)(C)C)[C@@H]2CCc3ccccc32)(c2ccccc2)c2ccccc2Cl)cc1. The first-order valence-electron chi connectivity index (χ1n) is 22.2. The highest BCUT2D eigenvalue weighted by molar-refractivity contribution is 6.74. The van der Waals surface area contributed by atoms with E-state index in [2.05, 4.69) is 46.0 Å². The van der Waals surface area contributed by atoms with Crippen molar-refractivity contribution < 1.29 is 23.5 Å². The molecule has 64 heavy (non-hydrogen) atoms. The summed E-state index contributed by atoms with van der Waals surface area (Å²) in [5, 5.41) is 0.984. The number of rotatable bonds is 17. The van der Waals surface area contributed by atoms with Crippen molar-refractivity contribution in [3.8, 4) is 0 Å². The molecule has 0 aliphatic heterocycles. The number of carbonyl (C=O) groups is 3. The van der Waals surface area contributed by atoms with Gasteiger partial charge in [-0.05, 0) is 85.1 Å². The minimum atomic E-state index is -2.19. The van der Waals surface area contributed by atoms with Crippen LogP contribution >= 0.6 is 23.2 Å². The van der Waals surface area contributed by atoms with E-state index < -0.39 is 37.9 Å². The second kappa shape index (κ2) is 20.6. The predicted octanol–water partition coefficient (Wildman–Crippen LogP) is 10.8. The van der Waals surface area contributed by atoms with E-state index in [1.165, 1.54) is 0 Å². The summed E-state index contributed by atoms with van der Waals surface area (Å²) in [4.78, 5) is 47.7. The van der Waals surface area contributed by atoms with E-state index in [4.69, 9.17) is 38.1 Å². The zero-order valence-corrected chi connectivity index (χ0v) is 41.0. The molecule has 6 rings (SSSR count). The Morgan fingerprint density at radius 1 is 0.797 bits per heavy atom. The zero-order valence-electron chi connectivity index (χ0n) is 38.4. The number of nitrogens with zero attached hydrogens (tertiary/aromatic N) is 2. The Hall–Kier alpha value is -4.77. The van der Waals surface area contributed by atoms with Crippen molar-refractivity contribution in [3.63, 3.8) is 0 Å². The number of carbonyl (C=O) groups excluding carboxylic acids is 3. The van der Waals surface area contributed by atoms with Gasteiger partial charge in [0.05, 0.1) is 25.0 Å². The van der Waals surface area contributed by atoms with E-state index in [9.17, 15) is 9.59 Å². The van der Waals surface area contributed by atoms with Gasteiger partial charge >= 0.3 is 5.97 Å². The Morgan fingerprint density at radius 2 is 1.41 bits per heavy atom. The third kappa shape index (κ3) is 11.0. The summed E-state index contributed by atoms with van der Waals surface area (Å²) in [6, 6.07) is 39.2. The molecule has 0 spiro atoms. The summed E-state index contributed by atoms with van der Waals surface area (Å²) < 4.78 is 13.3. The molecule has 1 unspecified atom stereocenters. The van der Waals surface area contributed by atoms with Crippen molar-refractivity contribution in [2.75, 3.05) is 27.2 Å². The lowest BCUT2D eigenvalue weighted by atomic mass is 9.79. The average molecular weight is 921 g/mol. The Bertz CT molecular complexity index is 2390. The monoisotopic (exact) mass is 919 g/mol. The van der Waals surface area contributed by atoms with E-state index in [-0.39, 0.29) is 42.3 Å². The fourth-order valence-corrected chi connectivity index (χ4v) is 10.0. The highest BCUT2D eigenvalue weighted by Gasteiger charge is 2.45. The fourth-order valence-electron chi connectivity index (χ4n) is 8.59. The smallest absolute Gasteiger partial charge is 0.308 e. The highest BCUT2D eigenvalue weighted by atomic mass is 35.5. The van der Waals surface area contributed by atoms with Crippen molar-refractivity contribution in [3.05, 3.63) is 176 Å². The van der Waals surface area contributed by atoms with Crippen molar-refractivity contribution in [1.82, 2.24) is 9.80 Å². The summed E-state index contributed by atoms with van der Waals surface area (Å²) in [5.41, 5.74) is 11.4. The van der Waals surface area contributed by atoms with E-state index in [0.717, 1.165) is 39.8 Å². The molecule has 1 aliphatic rings. The molecular formula is C53H63Cl2N3O5Si. The molecule has 338 valence electrons. The molecule has 11 heteroatoms. The number of likely N-dealkylation sites (N-methyl/N-ethyl adjacent to an activating group) is 2. The van der Waals surface area contributed by atoms with E-state index >= 15 is 4.79 Å². The molecule has 5 aromatic rings. The molecule has 0 saturated heterocycles. The van der Waals surface area contributed by atoms with E-state index in [0.29, 0.717) is 28.5 Å². The molecule has 5 aromatic carbocycles. The summed E-state index contributed by atoms with van der Waals surface area (Å²) in [7, 11) is 1.30. The number of nitrogens with two attached hydrogens (primary N) is 1. The number of amides is 2. The lowest BCUT2D eigenvalue weighted by Crippen LogP contribution is -2.54. The number of halogens is 2. The van der Waals surface area contributed by atoms with Gasteiger partial charge in [-0.3, -0.25) is 14.4 Å². The number of fused-ring (bicyclic) bond motifs is 1. The first kappa shape index (κ1) is 48.7. The van der Waals surface area contributed by atoms with Crippen LogP contribution in [0.3, 0.4) is 0 Å². The molecule has 5 atom stereocenters. The first-order valence-corrected chi connectivity index (χ1v) is 25.8. The van der Waals surface area contributed by atoms with Crippen LogP contribution in [0.25, 0.3) is 0 Å². The number of aryl methyl sites for hydroxylation is 2. The van der Waals surface area contributed by atoms with Crippen LogP contribution in [-0.2, 0) is 42.0 Å². The van der Waals surface area contributed by atoms with Gasteiger partial charge in [-0.25, -0.2) is 0 Å². The molecule has 0 saturated carbocycles. The van der Waals surface area contributed by atoms with Crippen LogP contribution in [0.4, 0.5) is 0 Å². The van der Waals surface area contributed by atoms with Gasteiger partial charge in [-0.15, -0.1) is 0 Å². The van der Waals surface area contributed by atoms with Gasteiger partial charge in [0.25, 0.3) is 0 Å². The molecule has 2 N–H and O–H groups in total. The zero-order chi connectivity index (χ0) is 46.4. The summed E-state index contributed by atoms with van der Waals surface area (Å²) >= 11 is 13.3. The van der Waals surface area contributed by atoms with Crippen LogP contribution in [0.15, 0.2) is 127 Å². The minimum Gasteiger partial charge on any atom is -0.444 e. The minimum absolute atomic E-state index is 0.0526. The predicted molar refractivity (Wildman–Crippen MR) is 261 cm³/mol. The number of benzene rings is 5. The van der Waals surface area contributed by atoms with Crippen molar-refractivity contribution in [1.29, 1.82) is 0 Å². The molecule has 0 aromatic heterocycles. The van der Waals surface area contributed by atoms with Crippen molar-refractivity contribution in [2.45, 2.75) is 95.1 Å². The van der Waals surface area contributed by atoms with Gasteiger partial charge < -0.3 is 24.7 Å². The van der Waals surface area contributed by atoms with Gasteiger partial charge in [0.1, 0.15) is 6.04 Å². The third-order valence-electron chi connectivity index (χ3n) is 13.4. The number of esters is 1. The van der Waals surface area contributed by atoms with Gasteiger partial charge in [0.15, 0.2) is 13.9 Å².